The molecule has 1 rings (SSSR count). The Labute approximate surface area is 86.7 Å². The molecule has 1 aromatic rings. The van der Waals surface area contributed by atoms with Gasteiger partial charge in [0.05, 0.1) is 0 Å². The summed E-state index contributed by atoms with van der Waals surface area (Å²) in [6, 6.07) is 4.42. The van der Waals surface area contributed by atoms with E-state index in [0.29, 0.717) is 10.9 Å². The van der Waals surface area contributed by atoms with Gasteiger partial charge in [-0.1, -0.05) is 19.9 Å². The average molecular weight is 217 g/mol. The van der Waals surface area contributed by atoms with Crippen LogP contribution in [0.5, 0.6) is 0 Å². The first-order valence-corrected chi connectivity index (χ1v) is 5.23. The fourth-order valence-electron chi connectivity index (χ4n) is 1.06. The van der Waals surface area contributed by atoms with Gasteiger partial charge in [0.1, 0.15) is 0 Å². The number of halogens is 2. The Morgan fingerprint density at radius 3 is 2.36 bits per heavy atom. The topological polar surface area (TPSA) is 26.0 Å². The summed E-state index contributed by atoms with van der Waals surface area (Å²) < 4.78 is 24.6. The van der Waals surface area contributed by atoms with Crippen LogP contribution in [0.2, 0.25) is 0 Å². The van der Waals surface area contributed by atoms with Gasteiger partial charge in [0, 0.05) is 21.4 Å². The van der Waals surface area contributed by atoms with Crippen molar-refractivity contribution in [2.24, 2.45) is 0 Å². The first-order chi connectivity index (χ1) is 6.50. The Bertz CT molecular complexity index is 313. The minimum Gasteiger partial charge on any atom is -0.398 e. The van der Waals surface area contributed by atoms with Crippen LogP contribution in [-0.2, 0) is 0 Å². The second-order valence-corrected chi connectivity index (χ2v) is 4.88. The van der Waals surface area contributed by atoms with E-state index in [0.717, 1.165) is 4.90 Å². The second-order valence-electron chi connectivity index (χ2n) is 3.26. The number of nitrogens with two attached hydrogens (primary N) is 1. The molecular weight excluding hydrogens is 204 g/mol. The minimum absolute atomic E-state index is 0.0180. The first-order valence-electron chi connectivity index (χ1n) is 4.35. The number of thioether (sulfide) groups is 1. The fraction of sp³-hybridized carbons (Fsp3) is 0.400. The number of benzene rings is 1. The Hall–Kier alpha value is -0.770. The highest BCUT2D eigenvalue weighted by atomic mass is 32.2. The van der Waals surface area contributed by atoms with Crippen LogP contribution in [0.1, 0.15) is 25.8 Å². The van der Waals surface area contributed by atoms with Gasteiger partial charge in [-0.05, 0) is 12.1 Å². The van der Waals surface area contributed by atoms with Crippen LogP contribution in [0.25, 0.3) is 0 Å². The van der Waals surface area contributed by atoms with Crippen LogP contribution < -0.4 is 5.73 Å². The van der Waals surface area contributed by atoms with Gasteiger partial charge in [0.25, 0.3) is 6.43 Å². The summed E-state index contributed by atoms with van der Waals surface area (Å²) >= 11 is 1.58. The Morgan fingerprint density at radius 1 is 1.29 bits per heavy atom. The summed E-state index contributed by atoms with van der Waals surface area (Å²) in [4.78, 5) is 0.865. The lowest BCUT2D eigenvalue weighted by Crippen LogP contribution is -1.95. The molecule has 0 heterocycles. The largest absolute Gasteiger partial charge is 0.398 e. The van der Waals surface area contributed by atoms with Crippen molar-refractivity contribution in [2.45, 2.75) is 30.4 Å². The molecule has 0 aliphatic heterocycles. The predicted octanol–water partition coefficient (Wildman–Crippen LogP) is 3.71. The minimum atomic E-state index is -2.45. The van der Waals surface area contributed by atoms with Gasteiger partial charge in [0.2, 0.25) is 0 Å². The zero-order valence-corrected chi connectivity index (χ0v) is 8.94. The smallest absolute Gasteiger partial charge is 0.263 e. The molecule has 0 amide bonds. The van der Waals surface area contributed by atoms with Crippen LogP contribution in [0.3, 0.4) is 0 Å². The van der Waals surface area contributed by atoms with E-state index in [2.05, 4.69) is 0 Å². The third-order valence-electron chi connectivity index (χ3n) is 1.65. The van der Waals surface area contributed by atoms with Crippen LogP contribution in [0, 0.1) is 0 Å². The van der Waals surface area contributed by atoms with E-state index >= 15 is 0 Å². The maximum atomic E-state index is 12.3. The van der Waals surface area contributed by atoms with E-state index in [4.69, 9.17) is 5.73 Å². The van der Waals surface area contributed by atoms with Gasteiger partial charge in [-0.3, -0.25) is 0 Å². The molecule has 0 spiro atoms. The Morgan fingerprint density at radius 2 is 1.93 bits per heavy atom. The Kier molecular flexibility index (Phi) is 3.75. The molecule has 4 heteroatoms. The maximum absolute atomic E-state index is 12.3. The average Bonchev–Trinajstić information content (AvgIpc) is 2.07. The van der Waals surface area contributed by atoms with Gasteiger partial charge in [-0.2, -0.15) is 0 Å². The molecule has 0 saturated heterocycles. The standard InChI is InChI=1S/C10H13F2NS/c1-6(2)14-9-4-3-7(10(11)12)5-8(9)13/h3-6,10H,13H2,1-2H3. The van der Waals surface area contributed by atoms with E-state index < -0.39 is 6.43 Å². The molecule has 78 valence electrons. The molecular formula is C10H13F2NS. The highest BCUT2D eigenvalue weighted by Crippen LogP contribution is 2.31. The first kappa shape index (κ1) is 11.3. The molecule has 0 aliphatic rings. The zero-order valence-electron chi connectivity index (χ0n) is 8.13. The molecule has 1 nitrogen and oxygen atoms in total. The molecule has 1 aromatic carbocycles. The zero-order chi connectivity index (χ0) is 10.7. The number of alkyl halides is 2. The number of hydrogen-bond donors (Lipinski definition) is 1. The molecule has 0 atom stereocenters. The summed E-state index contributed by atoms with van der Waals surface area (Å²) in [5.74, 6) is 0. The summed E-state index contributed by atoms with van der Waals surface area (Å²) in [6.45, 7) is 4.07. The van der Waals surface area contributed by atoms with E-state index in [1.54, 1.807) is 17.8 Å². The number of anilines is 1. The third kappa shape index (κ3) is 2.87. The van der Waals surface area contributed by atoms with Crippen molar-refractivity contribution in [3.63, 3.8) is 0 Å². The van der Waals surface area contributed by atoms with Crippen molar-refractivity contribution in [3.05, 3.63) is 23.8 Å². The lowest BCUT2D eigenvalue weighted by molar-refractivity contribution is 0.151. The summed E-state index contributed by atoms with van der Waals surface area (Å²) in [7, 11) is 0. The van der Waals surface area contributed by atoms with E-state index in [-0.39, 0.29) is 5.56 Å². The second kappa shape index (κ2) is 4.64. The van der Waals surface area contributed by atoms with E-state index in [1.807, 2.05) is 13.8 Å². The highest BCUT2D eigenvalue weighted by Gasteiger charge is 2.09. The Balaban J connectivity index is 2.90. The van der Waals surface area contributed by atoms with Gasteiger partial charge < -0.3 is 5.73 Å². The van der Waals surface area contributed by atoms with Crippen molar-refractivity contribution in [3.8, 4) is 0 Å². The van der Waals surface area contributed by atoms with Crippen molar-refractivity contribution in [2.75, 3.05) is 5.73 Å². The van der Waals surface area contributed by atoms with E-state index in [1.165, 1.54) is 12.1 Å². The molecule has 0 unspecified atom stereocenters. The molecule has 2 N–H and O–H groups in total. The summed E-state index contributed by atoms with van der Waals surface area (Å²) in [6.07, 6.45) is -2.45. The quantitative estimate of drug-likeness (QED) is 0.617. The third-order valence-corrected chi connectivity index (χ3v) is 2.75. The normalized spacial score (nSPS) is 11.3. The van der Waals surface area contributed by atoms with Crippen molar-refractivity contribution < 1.29 is 8.78 Å². The van der Waals surface area contributed by atoms with Gasteiger partial charge in [-0.15, -0.1) is 11.8 Å². The van der Waals surface area contributed by atoms with Crippen molar-refractivity contribution in [1.82, 2.24) is 0 Å². The maximum Gasteiger partial charge on any atom is 0.263 e. The van der Waals surface area contributed by atoms with Crippen LogP contribution in [0.4, 0.5) is 14.5 Å². The van der Waals surface area contributed by atoms with Crippen molar-refractivity contribution in [1.29, 1.82) is 0 Å². The lowest BCUT2D eigenvalue weighted by Gasteiger charge is -2.09. The van der Waals surface area contributed by atoms with Gasteiger partial charge in [-0.25, -0.2) is 8.78 Å². The van der Waals surface area contributed by atoms with Gasteiger partial charge >= 0.3 is 0 Å². The molecule has 0 aromatic heterocycles. The molecule has 0 radical (unpaired) electrons. The number of rotatable bonds is 3. The monoisotopic (exact) mass is 217 g/mol. The fourth-order valence-corrected chi connectivity index (χ4v) is 1.91. The van der Waals surface area contributed by atoms with Crippen LogP contribution in [-0.4, -0.2) is 5.25 Å². The van der Waals surface area contributed by atoms with Gasteiger partial charge in [0.15, 0.2) is 0 Å². The SMILES string of the molecule is CC(C)Sc1ccc(C(F)F)cc1N. The summed E-state index contributed by atoms with van der Waals surface area (Å²) in [5, 5.41) is 0.398. The molecule has 0 aliphatic carbocycles. The van der Waals surface area contributed by atoms with E-state index in [9.17, 15) is 8.78 Å². The molecule has 0 bridgehead atoms. The number of hydrogen-bond acceptors (Lipinski definition) is 2. The van der Waals surface area contributed by atoms with Crippen LogP contribution in [0.15, 0.2) is 23.1 Å². The molecule has 0 fully saturated rings. The predicted molar refractivity (Wildman–Crippen MR) is 56.8 cm³/mol. The van der Waals surface area contributed by atoms with Crippen LogP contribution >= 0.6 is 11.8 Å². The number of nitrogen functional groups attached to an aromatic ring is 1. The summed E-state index contributed by atoms with van der Waals surface area (Å²) in [5.41, 5.74) is 6.07. The van der Waals surface area contributed by atoms with Crippen molar-refractivity contribution >= 4 is 17.4 Å². The molecule has 0 saturated carbocycles. The molecule has 14 heavy (non-hydrogen) atoms. The highest BCUT2D eigenvalue weighted by molar-refractivity contribution is 8.00. The lowest BCUT2D eigenvalue weighted by atomic mass is 10.2.